The Morgan fingerprint density at radius 3 is 1.47 bits per heavy atom. The normalized spacial score (nSPS) is 21.6. The minimum absolute atomic E-state index is 0.0418. The molecule has 0 aromatic heterocycles. The molecule has 4 aliphatic heterocycles. The van der Waals surface area contributed by atoms with Gasteiger partial charge in [-0.1, -0.05) is 36.4 Å². The van der Waals surface area contributed by atoms with E-state index >= 15 is 0 Å². The standard InChI is InChI=1S/C45H30O15/c1-56-38-30(53)13-22(35-39(38)60-43(55)45(35)37-29(52)15-27(50)18-33(37)58-41(45)20-6-10-24(47)11-7-20)3-2-21-12-25(48)16-31-34(21)44(42(54)59-31)36-28(51)14-26(49)17-32(36)57-40(44)19-4-8-23(46)9-5-19/h2-18,40-41,46-53H,1H3/b3-2-/t40-,41-,44+,45+/m1/s1. The topological polar surface area (TPSA) is 242 Å². The Balaban J connectivity index is 1.23. The highest BCUT2D eigenvalue weighted by Gasteiger charge is 2.67. The number of fused-ring (bicyclic) bond motifs is 8. The molecule has 2 spiro atoms. The minimum atomic E-state index is -2.04. The van der Waals surface area contributed by atoms with E-state index in [2.05, 4.69) is 0 Å². The minimum Gasteiger partial charge on any atom is -0.508 e. The van der Waals surface area contributed by atoms with E-state index in [0.717, 1.165) is 12.1 Å². The molecule has 0 saturated carbocycles. The van der Waals surface area contributed by atoms with Crippen LogP contribution in [0.3, 0.4) is 0 Å². The van der Waals surface area contributed by atoms with Crippen LogP contribution in [-0.2, 0) is 20.4 Å². The number of benzene rings is 6. The fourth-order valence-corrected chi connectivity index (χ4v) is 9.18. The van der Waals surface area contributed by atoms with Crippen LogP contribution in [0.5, 0.6) is 74.7 Å². The van der Waals surface area contributed by atoms with Crippen LogP contribution in [0.1, 0.15) is 56.7 Å². The SMILES string of the molecule is COc1c(O)cc(/C=C\c2cc(O)cc3c2[C@]2(C(=O)O3)c3c(O)cc(O)cc3O[C@@H]2c2ccc(O)cc2)c2c1OC(=O)[C@]21c2c(O)cc(O)cc2O[C@@H]1c1ccc(O)cc1. The molecule has 6 aromatic rings. The Kier molecular flexibility index (Phi) is 7.47. The van der Waals surface area contributed by atoms with E-state index in [1.807, 2.05) is 0 Å². The molecular formula is C45H30O15. The first-order valence-corrected chi connectivity index (χ1v) is 18.3. The van der Waals surface area contributed by atoms with Gasteiger partial charge in [0, 0.05) is 41.5 Å². The molecule has 0 saturated heterocycles. The van der Waals surface area contributed by atoms with Crippen molar-refractivity contribution in [2.75, 3.05) is 7.11 Å². The lowest BCUT2D eigenvalue weighted by atomic mass is 9.68. The predicted molar refractivity (Wildman–Crippen MR) is 207 cm³/mol. The second kappa shape index (κ2) is 12.4. The van der Waals surface area contributed by atoms with Gasteiger partial charge in [0.05, 0.1) is 18.2 Å². The van der Waals surface area contributed by atoms with Gasteiger partial charge in [-0.05, 0) is 58.7 Å². The van der Waals surface area contributed by atoms with E-state index in [4.69, 9.17) is 23.7 Å². The first-order chi connectivity index (χ1) is 28.8. The summed E-state index contributed by atoms with van der Waals surface area (Å²) in [5.41, 5.74) is -3.00. The molecule has 15 nitrogen and oxygen atoms in total. The second-order valence-electron chi connectivity index (χ2n) is 14.7. The van der Waals surface area contributed by atoms with Gasteiger partial charge in [-0.2, -0.15) is 0 Å². The summed E-state index contributed by atoms with van der Waals surface area (Å²) < 4.78 is 30.0. The van der Waals surface area contributed by atoms with Crippen molar-refractivity contribution in [3.05, 3.63) is 136 Å². The maximum absolute atomic E-state index is 14.6. The largest absolute Gasteiger partial charge is 0.508 e. The summed E-state index contributed by atoms with van der Waals surface area (Å²) in [5.74, 6) is -5.17. The Hall–Kier alpha value is -8.20. The number of aromatic hydroxyl groups is 8. The van der Waals surface area contributed by atoms with Crippen molar-refractivity contribution >= 4 is 24.1 Å². The Labute approximate surface area is 338 Å². The van der Waals surface area contributed by atoms with Gasteiger partial charge in [-0.3, -0.25) is 9.59 Å². The maximum atomic E-state index is 14.6. The van der Waals surface area contributed by atoms with Crippen LogP contribution in [0.15, 0.2) is 91.0 Å². The molecule has 4 heterocycles. The van der Waals surface area contributed by atoms with Crippen LogP contribution in [0, 0.1) is 0 Å². The van der Waals surface area contributed by atoms with E-state index in [1.54, 1.807) is 0 Å². The predicted octanol–water partition coefficient (Wildman–Crippen LogP) is 6.19. The summed E-state index contributed by atoms with van der Waals surface area (Å²) >= 11 is 0. The summed E-state index contributed by atoms with van der Waals surface area (Å²) in [6, 6.07) is 20.0. The quantitative estimate of drug-likeness (QED) is 0.0550. The van der Waals surface area contributed by atoms with E-state index < -0.39 is 52.2 Å². The van der Waals surface area contributed by atoms with Crippen molar-refractivity contribution < 1.29 is 74.1 Å². The Morgan fingerprint density at radius 1 is 0.500 bits per heavy atom. The first kappa shape index (κ1) is 36.2. The fourth-order valence-electron chi connectivity index (χ4n) is 9.18. The van der Waals surface area contributed by atoms with Crippen LogP contribution in [0.4, 0.5) is 0 Å². The number of carbonyl (C=O) groups excluding carboxylic acids is 2. The molecule has 0 fully saturated rings. The number of phenols is 8. The van der Waals surface area contributed by atoms with Crippen LogP contribution >= 0.6 is 0 Å². The third kappa shape index (κ3) is 4.70. The highest BCUT2D eigenvalue weighted by molar-refractivity contribution is 6.03. The van der Waals surface area contributed by atoms with Gasteiger partial charge in [0.25, 0.3) is 0 Å². The average Bonchev–Trinajstić information content (AvgIpc) is 3.90. The zero-order valence-corrected chi connectivity index (χ0v) is 30.9. The van der Waals surface area contributed by atoms with Gasteiger partial charge in [-0.15, -0.1) is 0 Å². The number of esters is 2. The summed E-state index contributed by atoms with van der Waals surface area (Å²) in [7, 11) is 1.25. The lowest BCUT2D eigenvalue weighted by Crippen LogP contribution is -2.40. The van der Waals surface area contributed by atoms with Gasteiger partial charge in [0.1, 0.15) is 69.7 Å². The molecule has 4 atom stereocenters. The monoisotopic (exact) mass is 810 g/mol. The molecule has 0 aliphatic carbocycles. The molecular weight excluding hydrogens is 780 g/mol. The number of ether oxygens (including phenoxy) is 5. The molecule has 0 radical (unpaired) electrons. The van der Waals surface area contributed by atoms with Gasteiger partial charge < -0.3 is 64.5 Å². The van der Waals surface area contributed by atoms with Crippen LogP contribution in [-0.4, -0.2) is 59.9 Å². The van der Waals surface area contributed by atoms with Gasteiger partial charge >= 0.3 is 11.9 Å². The second-order valence-corrected chi connectivity index (χ2v) is 14.7. The molecule has 6 aromatic carbocycles. The van der Waals surface area contributed by atoms with Gasteiger partial charge in [-0.25, -0.2) is 0 Å². The van der Waals surface area contributed by atoms with Crippen molar-refractivity contribution in [1.29, 1.82) is 0 Å². The van der Waals surface area contributed by atoms with Gasteiger partial charge in [0.2, 0.25) is 5.75 Å². The van der Waals surface area contributed by atoms with E-state index in [9.17, 15) is 50.4 Å². The molecule has 8 N–H and O–H groups in total. The zero-order valence-electron chi connectivity index (χ0n) is 30.9. The summed E-state index contributed by atoms with van der Waals surface area (Å²) in [4.78, 5) is 29.1. The molecule has 15 heteroatoms. The molecule has 300 valence electrons. The molecule has 0 amide bonds. The van der Waals surface area contributed by atoms with E-state index in [1.165, 1.54) is 98.1 Å². The Bertz CT molecular complexity index is 2900. The molecule has 0 unspecified atom stereocenters. The van der Waals surface area contributed by atoms with Crippen molar-refractivity contribution in [2.45, 2.75) is 23.0 Å². The zero-order chi connectivity index (χ0) is 42.0. The lowest BCUT2D eigenvalue weighted by Gasteiger charge is -2.29. The van der Waals surface area contributed by atoms with Crippen LogP contribution in [0.25, 0.3) is 12.2 Å². The highest BCUT2D eigenvalue weighted by Crippen LogP contribution is 2.67. The van der Waals surface area contributed by atoms with Crippen molar-refractivity contribution in [2.24, 2.45) is 0 Å². The molecule has 4 aliphatic rings. The Morgan fingerprint density at radius 2 is 0.950 bits per heavy atom. The van der Waals surface area contributed by atoms with Crippen LogP contribution < -0.4 is 23.7 Å². The van der Waals surface area contributed by atoms with Crippen LogP contribution in [0.2, 0.25) is 0 Å². The number of rotatable bonds is 5. The van der Waals surface area contributed by atoms with E-state index in [-0.39, 0.29) is 90.9 Å². The smallest absolute Gasteiger partial charge is 0.331 e. The average molecular weight is 811 g/mol. The third-order valence-electron chi connectivity index (χ3n) is 11.4. The molecule has 60 heavy (non-hydrogen) atoms. The van der Waals surface area contributed by atoms with Gasteiger partial charge in [0.15, 0.2) is 22.3 Å². The third-order valence-corrected chi connectivity index (χ3v) is 11.4. The summed E-state index contributed by atoms with van der Waals surface area (Å²) in [5, 5.41) is 86.5. The summed E-state index contributed by atoms with van der Waals surface area (Å²) in [6.45, 7) is 0. The first-order valence-electron chi connectivity index (χ1n) is 18.3. The number of hydrogen-bond donors (Lipinski definition) is 8. The van der Waals surface area contributed by atoms with E-state index in [0.29, 0.717) is 11.1 Å². The maximum Gasteiger partial charge on any atom is 0.331 e. The highest BCUT2D eigenvalue weighted by atomic mass is 16.6. The number of carbonyl (C=O) groups is 2. The molecule has 0 bridgehead atoms. The summed E-state index contributed by atoms with van der Waals surface area (Å²) in [6.07, 6.45) is 0.367. The number of hydrogen-bond acceptors (Lipinski definition) is 15. The van der Waals surface area contributed by atoms with Crippen molar-refractivity contribution in [3.63, 3.8) is 0 Å². The number of methoxy groups -OCH3 is 1. The molecule has 10 rings (SSSR count). The lowest BCUT2D eigenvalue weighted by molar-refractivity contribution is -0.139. The van der Waals surface area contributed by atoms with Crippen molar-refractivity contribution in [3.8, 4) is 74.7 Å². The number of phenolic OH excluding ortho intramolecular Hbond substituents is 8. The fraction of sp³-hybridized carbons (Fsp3) is 0.111. The van der Waals surface area contributed by atoms with Crippen molar-refractivity contribution in [1.82, 2.24) is 0 Å².